The smallest absolute Gasteiger partial charge is 0.354 e. The second-order valence-corrected chi connectivity index (χ2v) is 5.17. The fourth-order valence-corrected chi connectivity index (χ4v) is 2.36. The molecule has 3 aromatic rings. The number of alkyl halides is 3. The molecular weight excluding hydrogens is 307 g/mol. The van der Waals surface area contributed by atoms with Crippen LogP contribution in [0.25, 0.3) is 5.65 Å². The van der Waals surface area contributed by atoms with E-state index in [0.717, 1.165) is 23.2 Å². The first-order chi connectivity index (χ1) is 10.9. The SMILES string of the molecule is Cc1nc2ccccn2c1CN(C)c1ccnc(C(F)(F)F)n1. The lowest BCUT2D eigenvalue weighted by molar-refractivity contribution is -0.144. The molecule has 8 heteroatoms. The van der Waals surface area contributed by atoms with Gasteiger partial charge in [0.15, 0.2) is 0 Å². The van der Waals surface area contributed by atoms with Crippen molar-refractivity contribution in [2.24, 2.45) is 0 Å². The van der Waals surface area contributed by atoms with E-state index in [1.54, 1.807) is 11.9 Å². The number of anilines is 1. The number of halogens is 3. The molecule has 0 saturated heterocycles. The molecule has 5 nitrogen and oxygen atoms in total. The largest absolute Gasteiger partial charge is 0.451 e. The molecule has 0 aliphatic heterocycles. The van der Waals surface area contributed by atoms with Crippen LogP contribution < -0.4 is 4.90 Å². The maximum absolute atomic E-state index is 12.7. The molecule has 0 spiro atoms. The van der Waals surface area contributed by atoms with Gasteiger partial charge in [-0.2, -0.15) is 13.2 Å². The van der Waals surface area contributed by atoms with Crippen molar-refractivity contribution in [1.29, 1.82) is 0 Å². The Morgan fingerprint density at radius 1 is 1.17 bits per heavy atom. The van der Waals surface area contributed by atoms with Gasteiger partial charge in [0.05, 0.1) is 17.9 Å². The summed E-state index contributed by atoms with van der Waals surface area (Å²) in [6, 6.07) is 7.09. The van der Waals surface area contributed by atoms with Crippen LogP contribution in [0.5, 0.6) is 0 Å². The van der Waals surface area contributed by atoms with Crippen LogP contribution in [0.3, 0.4) is 0 Å². The van der Waals surface area contributed by atoms with Crippen LogP contribution in [0.1, 0.15) is 17.2 Å². The summed E-state index contributed by atoms with van der Waals surface area (Å²) in [5, 5.41) is 0. The van der Waals surface area contributed by atoms with E-state index < -0.39 is 12.0 Å². The molecule has 0 aliphatic rings. The minimum atomic E-state index is -4.56. The summed E-state index contributed by atoms with van der Waals surface area (Å²) in [6.45, 7) is 2.25. The molecule has 0 bridgehead atoms. The Morgan fingerprint density at radius 2 is 1.96 bits per heavy atom. The van der Waals surface area contributed by atoms with Gasteiger partial charge in [0.2, 0.25) is 5.82 Å². The number of aromatic nitrogens is 4. The Hall–Kier alpha value is -2.64. The van der Waals surface area contributed by atoms with E-state index in [1.165, 1.54) is 6.07 Å². The van der Waals surface area contributed by atoms with Crippen molar-refractivity contribution in [3.8, 4) is 0 Å². The van der Waals surface area contributed by atoms with E-state index in [1.807, 2.05) is 35.7 Å². The van der Waals surface area contributed by atoms with E-state index in [0.29, 0.717) is 6.54 Å². The number of aryl methyl sites for hydroxylation is 1. The summed E-state index contributed by atoms with van der Waals surface area (Å²) in [5.74, 6) is -0.936. The summed E-state index contributed by atoms with van der Waals surface area (Å²) in [6.07, 6.45) is -1.57. The first kappa shape index (κ1) is 15.3. The molecule has 0 aliphatic carbocycles. The molecule has 3 heterocycles. The molecule has 23 heavy (non-hydrogen) atoms. The maximum Gasteiger partial charge on any atom is 0.451 e. The number of imidazole rings is 1. The van der Waals surface area contributed by atoms with Gasteiger partial charge in [-0.1, -0.05) is 6.07 Å². The fraction of sp³-hybridized carbons (Fsp3) is 0.267. The minimum Gasteiger partial charge on any atom is -0.354 e. The fourth-order valence-electron chi connectivity index (χ4n) is 2.36. The summed E-state index contributed by atoms with van der Waals surface area (Å²) in [4.78, 5) is 13.0. The lowest BCUT2D eigenvalue weighted by atomic mass is 10.3. The van der Waals surface area contributed by atoms with E-state index in [4.69, 9.17) is 0 Å². The van der Waals surface area contributed by atoms with Gasteiger partial charge in [-0.05, 0) is 25.1 Å². The molecule has 0 amide bonds. The highest BCUT2D eigenvalue weighted by Crippen LogP contribution is 2.27. The van der Waals surface area contributed by atoms with E-state index in [2.05, 4.69) is 15.0 Å². The standard InChI is InChI=1S/C15H14F3N5/c1-10-11(23-8-4-3-5-13(23)20-10)9-22(2)12-6-7-19-14(21-12)15(16,17)18/h3-8H,9H2,1-2H3. The second kappa shape index (κ2) is 5.53. The molecule has 0 saturated carbocycles. The van der Waals surface area contributed by atoms with Crippen molar-refractivity contribution in [2.75, 3.05) is 11.9 Å². The van der Waals surface area contributed by atoms with Gasteiger partial charge in [0, 0.05) is 19.4 Å². The minimum absolute atomic E-state index is 0.206. The van der Waals surface area contributed by atoms with Crippen molar-refractivity contribution in [2.45, 2.75) is 19.6 Å². The molecule has 3 rings (SSSR count). The highest BCUT2D eigenvalue weighted by atomic mass is 19.4. The molecule has 0 unspecified atom stereocenters. The van der Waals surface area contributed by atoms with Gasteiger partial charge in [0.25, 0.3) is 0 Å². The first-order valence-electron chi connectivity index (χ1n) is 6.90. The molecule has 0 N–H and O–H groups in total. The Bertz CT molecular complexity index is 840. The lowest BCUT2D eigenvalue weighted by Gasteiger charge is -2.19. The predicted molar refractivity (Wildman–Crippen MR) is 79.1 cm³/mol. The third kappa shape index (κ3) is 2.96. The zero-order valence-electron chi connectivity index (χ0n) is 12.5. The molecule has 0 radical (unpaired) electrons. The van der Waals surface area contributed by atoms with Crippen molar-refractivity contribution in [1.82, 2.24) is 19.4 Å². The zero-order chi connectivity index (χ0) is 16.6. The summed E-state index contributed by atoms with van der Waals surface area (Å²) in [5.41, 5.74) is 2.52. The molecule has 120 valence electrons. The van der Waals surface area contributed by atoms with E-state index in [-0.39, 0.29) is 5.82 Å². The number of pyridine rings is 1. The van der Waals surface area contributed by atoms with Crippen LogP contribution in [0.15, 0.2) is 36.7 Å². The highest BCUT2D eigenvalue weighted by Gasteiger charge is 2.34. The summed E-state index contributed by atoms with van der Waals surface area (Å²) in [7, 11) is 1.68. The predicted octanol–water partition coefficient (Wildman–Crippen LogP) is 3.09. The average Bonchev–Trinajstić information content (AvgIpc) is 2.83. The van der Waals surface area contributed by atoms with Crippen molar-refractivity contribution < 1.29 is 13.2 Å². The van der Waals surface area contributed by atoms with Gasteiger partial charge < -0.3 is 9.30 Å². The lowest BCUT2D eigenvalue weighted by Crippen LogP contribution is -2.21. The topological polar surface area (TPSA) is 46.3 Å². The summed E-state index contributed by atoms with van der Waals surface area (Å²) < 4.78 is 40.1. The van der Waals surface area contributed by atoms with Crippen LogP contribution in [0, 0.1) is 6.92 Å². The quantitative estimate of drug-likeness (QED) is 0.744. The highest BCUT2D eigenvalue weighted by molar-refractivity contribution is 5.45. The Morgan fingerprint density at radius 3 is 2.70 bits per heavy atom. The zero-order valence-corrected chi connectivity index (χ0v) is 12.5. The van der Waals surface area contributed by atoms with E-state index >= 15 is 0 Å². The average molecular weight is 321 g/mol. The van der Waals surface area contributed by atoms with Crippen LogP contribution in [-0.4, -0.2) is 26.4 Å². The molecule has 0 fully saturated rings. The Labute approximate surface area is 130 Å². The number of rotatable bonds is 3. The van der Waals surface area contributed by atoms with Gasteiger partial charge in [0.1, 0.15) is 11.5 Å². The monoisotopic (exact) mass is 321 g/mol. The number of nitrogens with zero attached hydrogens (tertiary/aromatic N) is 5. The molecular formula is C15H14F3N5. The van der Waals surface area contributed by atoms with Crippen LogP contribution >= 0.6 is 0 Å². The molecule has 3 aromatic heterocycles. The van der Waals surface area contributed by atoms with Crippen LogP contribution in [0.4, 0.5) is 19.0 Å². The van der Waals surface area contributed by atoms with E-state index in [9.17, 15) is 13.2 Å². The maximum atomic E-state index is 12.7. The van der Waals surface area contributed by atoms with Gasteiger partial charge in [-0.15, -0.1) is 0 Å². The Balaban J connectivity index is 1.92. The van der Waals surface area contributed by atoms with Gasteiger partial charge in [-0.3, -0.25) is 0 Å². The van der Waals surface area contributed by atoms with Crippen molar-refractivity contribution >= 4 is 11.5 Å². The summed E-state index contributed by atoms with van der Waals surface area (Å²) >= 11 is 0. The number of hydrogen-bond acceptors (Lipinski definition) is 4. The van der Waals surface area contributed by atoms with Gasteiger partial charge in [-0.25, -0.2) is 15.0 Å². The third-order valence-corrected chi connectivity index (χ3v) is 3.50. The second-order valence-electron chi connectivity index (χ2n) is 5.17. The first-order valence-corrected chi connectivity index (χ1v) is 6.90. The van der Waals surface area contributed by atoms with Crippen LogP contribution in [-0.2, 0) is 12.7 Å². The molecule has 0 atom stereocenters. The van der Waals surface area contributed by atoms with Gasteiger partial charge >= 0.3 is 6.18 Å². The van der Waals surface area contributed by atoms with Crippen molar-refractivity contribution in [3.05, 3.63) is 53.9 Å². The number of hydrogen-bond donors (Lipinski definition) is 0. The molecule has 0 aromatic carbocycles. The number of fused-ring (bicyclic) bond motifs is 1. The van der Waals surface area contributed by atoms with Crippen LogP contribution in [0.2, 0.25) is 0 Å². The Kier molecular flexibility index (Phi) is 3.67. The normalized spacial score (nSPS) is 11.9. The van der Waals surface area contributed by atoms with Crippen molar-refractivity contribution in [3.63, 3.8) is 0 Å². The third-order valence-electron chi connectivity index (χ3n) is 3.50.